The van der Waals surface area contributed by atoms with E-state index in [9.17, 15) is 10.2 Å². The first kappa shape index (κ1) is 24.8. The summed E-state index contributed by atoms with van der Waals surface area (Å²) < 4.78 is 0. The first-order valence-corrected chi connectivity index (χ1v) is 14.0. The minimum absolute atomic E-state index is 0.00570. The number of aliphatic hydroxyl groups excluding tert-OH is 2. The summed E-state index contributed by atoms with van der Waals surface area (Å²) in [5.74, 6) is 2.86. The Morgan fingerprint density at radius 3 is 2.25 bits per heavy atom. The minimum atomic E-state index is -0.175. The zero-order valence-electron chi connectivity index (χ0n) is 22.3. The molecule has 2 saturated carbocycles. The predicted molar refractivity (Wildman–Crippen MR) is 134 cm³/mol. The summed E-state index contributed by atoms with van der Waals surface area (Å²) in [5.41, 5.74) is 3.84. The third kappa shape index (κ3) is 3.40. The molecule has 2 nitrogen and oxygen atoms in total. The third-order valence-corrected chi connectivity index (χ3v) is 11.9. The topological polar surface area (TPSA) is 40.5 Å². The van der Waals surface area contributed by atoms with E-state index in [1.807, 2.05) is 0 Å². The van der Waals surface area contributed by atoms with E-state index in [4.69, 9.17) is 0 Å². The first-order valence-electron chi connectivity index (χ1n) is 14.0. The number of fused-ring (bicyclic) bond motifs is 4. The lowest BCUT2D eigenvalue weighted by Gasteiger charge is -2.62. The Morgan fingerprint density at radius 1 is 0.875 bits per heavy atom. The monoisotopic (exact) mass is 444 g/mol. The minimum Gasteiger partial charge on any atom is -0.395 e. The number of allylic oxidation sites excluding steroid dienone is 1. The molecule has 0 bridgehead atoms. The molecule has 4 aliphatic rings. The summed E-state index contributed by atoms with van der Waals surface area (Å²) >= 11 is 0. The molecule has 4 aliphatic carbocycles. The number of hydrogen-bond acceptors (Lipinski definition) is 2. The molecule has 0 spiro atoms. The number of hydrogen-bond donors (Lipinski definition) is 2. The number of rotatable bonds is 6. The van der Waals surface area contributed by atoms with Crippen LogP contribution in [-0.4, -0.2) is 22.9 Å². The Hall–Kier alpha value is -0.340. The largest absolute Gasteiger partial charge is 0.395 e. The molecule has 2 heteroatoms. The summed E-state index contributed by atoms with van der Waals surface area (Å²) in [6.45, 7) is 17.2. The van der Waals surface area contributed by atoms with Gasteiger partial charge < -0.3 is 10.2 Å². The molecule has 0 aliphatic heterocycles. The van der Waals surface area contributed by atoms with Gasteiger partial charge in [0.25, 0.3) is 0 Å². The maximum Gasteiger partial charge on any atom is 0.0594 e. The molecule has 32 heavy (non-hydrogen) atoms. The summed E-state index contributed by atoms with van der Waals surface area (Å²) in [7, 11) is 0. The first-order chi connectivity index (χ1) is 14.9. The average molecular weight is 445 g/mol. The summed E-state index contributed by atoms with van der Waals surface area (Å²) in [5, 5.41) is 21.9. The van der Waals surface area contributed by atoms with Gasteiger partial charge in [0.2, 0.25) is 0 Å². The standard InChI is InChI=1S/C30H52O2/c1-20(2)9-8-10-21(3)22-14-18-30(19-31)24-11-12-25-27(4,5)26(32)15-16-28(25,6)23(24)13-17-29(22,30)7/h20-22,25-26,31-32H,8-19H2,1-7H3/t21?,22?,25?,26-,28+,29+,30+/m0/s1. The van der Waals surface area contributed by atoms with E-state index in [2.05, 4.69) is 48.5 Å². The van der Waals surface area contributed by atoms with Gasteiger partial charge in [-0.3, -0.25) is 0 Å². The Bertz CT molecular complexity index is 735. The molecule has 184 valence electrons. The molecule has 0 radical (unpaired) electrons. The highest BCUT2D eigenvalue weighted by Gasteiger charge is 2.64. The van der Waals surface area contributed by atoms with E-state index >= 15 is 0 Å². The van der Waals surface area contributed by atoms with Gasteiger partial charge >= 0.3 is 0 Å². The Labute approximate surface area is 198 Å². The van der Waals surface area contributed by atoms with Crippen LogP contribution in [0.1, 0.15) is 119 Å². The molecule has 7 atom stereocenters. The van der Waals surface area contributed by atoms with Gasteiger partial charge in [0.05, 0.1) is 12.7 Å². The van der Waals surface area contributed by atoms with Crippen molar-refractivity contribution in [3.63, 3.8) is 0 Å². The molecule has 0 heterocycles. The quantitative estimate of drug-likeness (QED) is 0.416. The Balaban J connectivity index is 1.67. The van der Waals surface area contributed by atoms with Crippen molar-refractivity contribution in [2.75, 3.05) is 6.61 Å². The van der Waals surface area contributed by atoms with Crippen LogP contribution in [0.4, 0.5) is 0 Å². The molecule has 2 fully saturated rings. The van der Waals surface area contributed by atoms with E-state index in [-0.39, 0.29) is 27.8 Å². The van der Waals surface area contributed by atoms with E-state index in [1.165, 1.54) is 51.4 Å². The zero-order chi connectivity index (χ0) is 23.5. The van der Waals surface area contributed by atoms with Crippen molar-refractivity contribution in [1.29, 1.82) is 0 Å². The van der Waals surface area contributed by atoms with E-state index in [1.54, 1.807) is 11.1 Å². The van der Waals surface area contributed by atoms with Crippen LogP contribution < -0.4 is 0 Å². The fourth-order valence-corrected chi connectivity index (χ4v) is 9.82. The van der Waals surface area contributed by atoms with Crippen molar-refractivity contribution >= 4 is 0 Å². The second-order valence-electron chi connectivity index (χ2n) is 13.9. The van der Waals surface area contributed by atoms with Gasteiger partial charge in [0.15, 0.2) is 0 Å². The fourth-order valence-electron chi connectivity index (χ4n) is 9.82. The molecular weight excluding hydrogens is 392 g/mol. The van der Waals surface area contributed by atoms with Crippen molar-refractivity contribution in [2.45, 2.75) is 125 Å². The molecule has 2 N–H and O–H groups in total. The van der Waals surface area contributed by atoms with Crippen molar-refractivity contribution in [2.24, 2.45) is 45.3 Å². The second-order valence-corrected chi connectivity index (χ2v) is 13.9. The average Bonchev–Trinajstić information content (AvgIpc) is 3.04. The molecule has 0 aromatic heterocycles. The summed E-state index contributed by atoms with van der Waals surface area (Å²) in [6, 6.07) is 0. The second kappa shape index (κ2) is 8.40. The lowest BCUT2D eigenvalue weighted by molar-refractivity contribution is -0.0997. The molecule has 0 aromatic rings. The van der Waals surface area contributed by atoms with Crippen LogP contribution in [0.25, 0.3) is 0 Å². The lowest BCUT2D eigenvalue weighted by Crippen LogP contribution is -2.56. The Morgan fingerprint density at radius 2 is 1.59 bits per heavy atom. The highest BCUT2D eigenvalue weighted by Crippen LogP contribution is 2.72. The van der Waals surface area contributed by atoms with Crippen LogP contribution in [0.5, 0.6) is 0 Å². The molecule has 0 aromatic carbocycles. The van der Waals surface area contributed by atoms with Gasteiger partial charge in [0, 0.05) is 5.41 Å². The molecular formula is C30H52O2. The van der Waals surface area contributed by atoms with Crippen molar-refractivity contribution in [3.8, 4) is 0 Å². The molecule has 0 amide bonds. The SMILES string of the molecule is CC(C)CCCC(C)C1CC[C@@]2(CO)C3=C(CC[C@]12C)[C@@]1(C)CC[C@H](O)C(C)(C)C1CC3. The van der Waals surface area contributed by atoms with E-state index < -0.39 is 0 Å². The third-order valence-electron chi connectivity index (χ3n) is 11.9. The summed E-state index contributed by atoms with van der Waals surface area (Å²) in [6.07, 6.45) is 13.2. The van der Waals surface area contributed by atoms with Crippen LogP contribution in [-0.2, 0) is 0 Å². The molecule has 3 unspecified atom stereocenters. The van der Waals surface area contributed by atoms with Crippen LogP contribution >= 0.6 is 0 Å². The van der Waals surface area contributed by atoms with E-state index in [0.717, 1.165) is 37.0 Å². The maximum absolute atomic E-state index is 11.1. The Kier molecular flexibility index (Phi) is 6.50. The predicted octanol–water partition coefficient (Wildman–Crippen LogP) is 7.53. The van der Waals surface area contributed by atoms with Crippen LogP contribution in [0.3, 0.4) is 0 Å². The van der Waals surface area contributed by atoms with E-state index in [0.29, 0.717) is 12.5 Å². The van der Waals surface area contributed by atoms with Gasteiger partial charge in [0.1, 0.15) is 0 Å². The van der Waals surface area contributed by atoms with Crippen molar-refractivity contribution < 1.29 is 10.2 Å². The van der Waals surface area contributed by atoms with Crippen molar-refractivity contribution in [1.82, 2.24) is 0 Å². The molecule has 0 saturated heterocycles. The fraction of sp³-hybridized carbons (Fsp3) is 0.933. The highest BCUT2D eigenvalue weighted by atomic mass is 16.3. The summed E-state index contributed by atoms with van der Waals surface area (Å²) in [4.78, 5) is 0. The van der Waals surface area contributed by atoms with Crippen LogP contribution in [0.2, 0.25) is 0 Å². The normalized spacial score (nSPS) is 44.2. The van der Waals surface area contributed by atoms with Gasteiger partial charge in [-0.25, -0.2) is 0 Å². The lowest BCUT2D eigenvalue weighted by atomic mass is 9.43. The van der Waals surface area contributed by atoms with Gasteiger partial charge in [-0.2, -0.15) is 0 Å². The number of aliphatic hydroxyl groups is 2. The van der Waals surface area contributed by atoms with Gasteiger partial charge in [-0.05, 0) is 91.3 Å². The van der Waals surface area contributed by atoms with Crippen LogP contribution in [0, 0.1) is 45.3 Å². The maximum atomic E-state index is 11.1. The van der Waals surface area contributed by atoms with Gasteiger partial charge in [-0.15, -0.1) is 0 Å². The zero-order valence-corrected chi connectivity index (χ0v) is 22.3. The smallest absolute Gasteiger partial charge is 0.0594 e. The molecule has 4 rings (SSSR count). The van der Waals surface area contributed by atoms with Crippen molar-refractivity contribution in [3.05, 3.63) is 11.1 Å². The van der Waals surface area contributed by atoms with Gasteiger partial charge in [-0.1, -0.05) is 78.9 Å². The van der Waals surface area contributed by atoms with Crippen LogP contribution in [0.15, 0.2) is 11.1 Å². The highest BCUT2D eigenvalue weighted by molar-refractivity contribution is 5.39.